The van der Waals surface area contributed by atoms with Gasteiger partial charge in [-0.25, -0.2) is 0 Å². The van der Waals surface area contributed by atoms with Gasteiger partial charge in [0.2, 0.25) is 0 Å². The molecular weight excluding hydrogens is 240 g/mol. The molecule has 0 fully saturated rings. The van der Waals surface area contributed by atoms with Gasteiger partial charge in [-0.05, 0) is 53.5 Å². The quantitative estimate of drug-likeness (QED) is 0.506. The van der Waals surface area contributed by atoms with Crippen molar-refractivity contribution >= 4 is 6.08 Å². The van der Waals surface area contributed by atoms with Crippen LogP contribution < -0.4 is 0 Å². The van der Waals surface area contributed by atoms with Crippen LogP contribution in [0.4, 0.5) is 0 Å². The Bertz CT molecular complexity index is 426. The van der Waals surface area contributed by atoms with Gasteiger partial charge in [-0.3, -0.25) is 0 Å². The van der Waals surface area contributed by atoms with Crippen LogP contribution in [0.2, 0.25) is 0 Å². The minimum absolute atomic E-state index is 1.19. The van der Waals surface area contributed by atoms with Crippen LogP contribution in [0.25, 0.3) is 6.08 Å². The summed E-state index contributed by atoms with van der Waals surface area (Å²) in [6, 6.07) is 2.42. The smallest absolute Gasteiger partial charge is 0.0225 e. The molecular formula is C20H32. The van der Waals surface area contributed by atoms with Crippen molar-refractivity contribution in [2.45, 2.75) is 79.1 Å². The van der Waals surface area contributed by atoms with Gasteiger partial charge in [0, 0.05) is 0 Å². The van der Waals surface area contributed by atoms with Crippen LogP contribution in [0.5, 0.6) is 0 Å². The van der Waals surface area contributed by atoms with Crippen LogP contribution in [0.3, 0.4) is 0 Å². The maximum atomic E-state index is 4.05. The highest BCUT2D eigenvalue weighted by molar-refractivity contribution is 5.59. The highest BCUT2D eigenvalue weighted by Crippen LogP contribution is 2.29. The summed E-state index contributed by atoms with van der Waals surface area (Å²) in [5, 5.41) is 0. The molecule has 0 aromatic heterocycles. The Morgan fingerprint density at radius 2 is 1.25 bits per heavy atom. The van der Waals surface area contributed by atoms with Gasteiger partial charge in [0.05, 0.1) is 0 Å². The third kappa shape index (κ3) is 3.98. The Labute approximate surface area is 126 Å². The van der Waals surface area contributed by atoms with Crippen molar-refractivity contribution in [2.24, 2.45) is 0 Å². The molecule has 1 aromatic rings. The fraction of sp³-hybridized carbons (Fsp3) is 0.600. The summed E-state index contributed by atoms with van der Waals surface area (Å²) < 4.78 is 0. The van der Waals surface area contributed by atoms with E-state index in [1.165, 1.54) is 56.9 Å². The number of hydrogen-bond acceptors (Lipinski definition) is 0. The zero-order valence-electron chi connectivity index (χ0n) is 14.0. The molecule has 0 nitrogen and oxygen atoms in total. The lowest BCUT2D eigenvalue weighted by Crippen LogP contribution is -2.07. The standard InChI is InChI=1S/C20H32/c1-6-11-17-15-16(10-5)18(12-7-2)20(14-9-4)19(17)13-8-3/h10,15H,5-9,11-14H2,1-4H3. The molecule has 0 aliphatic carbocycles. The summed E-state index contributed by atoms with van der Waals surface area (Å²) >= 11 is 0. The normalized spacial score (nSPS) is 10.8. The van der Waals surface area contributed by atoms with E-state index in [-0.39, 0.29) is 0 Å². The molecule has 0 N–H and O–H groups in total. The molecule has 0 heterocycles. The van der Waals surface area contributed by atoms with Gasteiger partial charge in [-0.1, -0.05) is 72.1 Å². The average molecular weight is 272 g/mol. The summed E-state index contributed by atoms with van der Waals surface area (Å²) in [4.78, 5) is 0. The lowest BCUT2D eigenvalue weighted by Gasteiger charge is -2.21. The van der Waals surface area contributed by atoms with Gasteiger partial charge >= 0.3 is 0 Å². The van der Waals surface area contributed by atoms with E-state index in [1.807, 2.05) is 0 Å². The molecule has 0 heteroatoms. The molecule has 1 rings (SSSR count). The summed E-state index contributed by atoms with van der Waals surface area (Å²) in [7, 11) is 0. The maximum absolute atomic E-state index is 4.05. The van der Waals surface area contributed by atoms with E-state index in [0.29, 0.717) is 0 Å². The largest absolute Gasteiger partial charge is 0.0985 e. The third-order valence-electron chi connectivity index (χ3n) is 4.03. The number of aryl methyl sites for hydroxylation is 1. The third-order valence-corrected chi connectivity index (χ3v) is 4.03. The molecule has 0 aliphatic heterocycles. The number of benzene rings is 1. The van der Waals surface area contributed by atoms with Crippen molar-refractivity contribution in [3.63, 3.8) is 0 Å². The minimum Gasteiger partial charge on any atom is -0.0985 e. The highest BCUT2D eigenvalue weighted by atomic mass is 14.2. The van der Waals surface area contributed by atoms with Crippen LogP contribution in [0.1, 0.15) is 81.2 Å². The highest BCUT2D eigenvalue weighted by Gasteiger charge is 2.15. The fourth-order valence-electron chi connectivity index (χ4n) is 3.25. The Kier molecular flexibility index (Phi) is 7.65. The first-order chi connectivity index (χ1) is 9.73. The Morgan fingerprint density at radius 3 is 1.75 bits per heavy atom. The first-order valence-electron chi connectivity index (χ1n) is 8.52. The van der Waals surface area contributed by atoms with Gasteiger partial charge in [0.25, 0.3) is 0 Å². The molecule has 112 valence electrons. The first-order valence-corrected chi connectivity index (χ1v) is 8.52. The molecule has 0 radical (unpaired) electrons. The van der Waals surface area contributed by atoms with Crippen LogP contribution in [-0.2, 0) is 25.7 Å². The molecule has 0 aliphatic rings. The summed E-state index contributed by atoms with van der Waals surface area (Å²) in [5.41, 5.74) is 7.85. The Morgan fingerprint density at radius 1 is 0.750 bits per heavy atom. The van der Waals surface area contributed by atoms with Gasteiger partial charge in [0.15, 0.2) is 0 Å². The zero-order chi connectivity index (χ0) is 15.0. The molecule has 0 bridgehead atoms. The maximum Gasteiger partial charge on any atom is -0.0225 e. The van der Waals surface area contributed by atoms with Crippen molar-refractivity contribution in [3.8, 4) is 0 Å². The van der Waals surface area contributed by atoms with Gasteiger partial charge in [-0.15, -0.1) is 0 Å². The van der Waals surface area contributed by atoms with E-state index < -0.39 is 0 Å². The van der Waals surface area contributed by atoms with E-state index in [1.54, 1.807) is 22.3 Å². The van der Waals surface area contributed by atoms with E-state index in [2.05, 4.69) is 46.4 Å². The number of hydrogen-bond donors (Lipinski definition) is 0. The molecule has 1 aromatic carbocycles. The minimum atomic E-state index is 1.19. The molecule has 0 saturated heterocycles. The monoisotopic (exact) mass is 272 g/mol. The molecule has 0 amide bonds. The molecule has 0 spiro atoms. The van der Waals surface area contributed by atoms with Crippen LogP contribution >= 0.6 is 0 Å². The average Bonchev–Trinajstić information content (AvgIpc) is 2.45. The van der Waals surface area contributed by atoms with Gasteiger partial charge < -0.3 is 0 Å². The van der Waals surface area contributed by atoms with E-state index in [9.17, 15) is 0 Å². The molecule has 20 heavy (non-hydrogen) atoms. The molecule has 0 atom stereocenters. The number of rotatable bonds is 9. The first kappa shape index (κ1) is 17.0. The van der Waals surface area contributed by atoms with Crippen molar-refractivity contribution in [1.29, 1.82) is 0 Å². The molecule has 0 unspecified atom stereocenters. The second-order valence-electron chi connectivity index (χ2n) is 5.76. The zero-order valence-corrected chi connectivity index (χ0v) is 14.0. The lowest BCUT2D eigenvalue weighted by molar-refractivity contribution is 0.800. The summed E-state index contributed by atoms with van der Waals surface area (Å²) in [5.74, 6) is 0. The van der Waals surface area contributed by atoms with E-state index in [4.69, 9.17) is 0 Å². The lowest BCUT2D eigenvalue weighted by atomic mass is 9.84. The van der Waals surface area contributed by atoms with Gasteiger partial charge in [-0.2, -0.15) is 0 Å². The SMILES string of the molecule is C=Cc1cc(CCC)c(CCC)c(CCC)c1CCC. The van der Waals surface area contributed by atoms with Crippen molar-refractivity contribution in [3.05, 3.63) is 40.5 Å². The predicted molar refractivity (Wildman–Crippen MR) is 92.5 cm³/mol. The topological polar surface area (TPSA) is 0 Å². The van der Waals surface area contributed by atoms with Crippen molar-refractivity contribution in [1.82, 2.24) is 0 Å². The summed E-state index contributed by atoms with van der Waals surface area (Å²) in [6.07, 6.45) is 11.9. The predicted octanol–water partition coefficient (Wildman–Crippen LogP) is 6.14. The fourth-order valence-corrected chi connectivity index (χ4v) is 3.25. The van der Waals surface area contributed by atoms with Crippen LogP contribution in [-0.4, -0.2) is 0 Å². The second-order valence-corrected chi connectivity index (χ2v) is 5.76. The summed E-state index contributed by atoms with van der Waals surface area (Å²) in [6.45, 7) is 13.2. The second kappa shape index (κ2) is 9.00. The van der Waals surface area contributed by atoms with Crippen LogP contribution in [0, 0.1) is 0 Å². The van der Waals surface area contributed by atoms with Crippen molar-refractivity contribution in [2.75, 3.05) is 0 Å². The Hall–Kier alpha value is -1.04. The Balaban J connectivity index is 3.47. The van der Waals surface area contributed by atoms with E-state index in [0.717, 1.165) is 0 Å². The van der Waals surface area contributed by atoms with Crippen LogP contribution in [0.15, 0.2) is 12.6 Å². The van der Waals surface area contributed by atoms with E-state index >= 15 is 0 Å². The van der Waals surface area contributed by atoms with Crippen molar-refractivity contribution < 1.29 is 0 Å². The van der Waals surface area contributed by atoms with Gasteiger partial charge in [0.1, 0.15) is 0 Å². The molecule has 0 saturated carbocycles.